The highest BCUT2D eigenvalue weighted by atomic mass is 35.5. The van der Waals surface area contributed by atoms with E-state index in [0.29, 0.717) is 12.4 Å². The van der Waals surface area contributed by atoms with Crippen molar-refractivity contribution in [2.24, 2.45) is 0 Å². The lowest BCUT2D eigenvalue weighted by atomic mass is 10.3. The molecule has 4 nitrogen and oxygen atoms in total. The maximum atomic E-state index is 5.95. The molecule has 0 aliphatic rings. The number of hydrogen-bond acceptors (Lipinski definition) is 4. The third-order valence-electron chi connectivity index (χ3n) is 2.72. The highest BCUT2D eigenvalue weighted by molar-refractivity contribution is 7.07. The van der Waals surface area contributed by atoms with E-state index >= 15 is 0 Å². The SMILES string of the molecule is Cc1cnc2c(c1)nc(CCl)n2Cc1cscn1. The third-order valence-corrected chi connectivity index (χ3v) is 3.60. The number of hydrogen-bond donors (Lipinski definition) is 0. The first-order chi connectivity index (χ1) is 8.78. The Morgan fingerprint density at radius 2 is 2.28 bits per heavy atom. The summed E-state index contributed by atoms with van der Waals surface area (Å²) in [6, 6.07) is 2.02. The van der Waals surface area contributed by atoms with Gasteiger partial charge in [0, 0.05) is 11.6 Å². The van der Waals surface area contributed by atoms with E-state index in [1.165, 1.54) is 0 Å². The van der Waals surface area contributed by atoms with Crippen molar-refractivity contribution in [3.05, 3.63) is 40.2 Å². The number of nitrogens with zero attached hydrogens (tertiary/aromatic N) is 4. The molecular weight excluding hydrogens is 268 g/mol. The van der Waals surface area contributed by atoms with E-state index in [1.54, 1.807) is 11.3 Å². The molecule has 3 heterocycles. The molecule has 0 radical (unpaired) electrons. The summed E-state index contributed by atoms with van der Waals surface area (Å²) in [5.74, 6) is 1.21. The summed E-state index contributed by atoms with van der Waals surface area (Å²) in [5.41, 5.74) is 5.69. The van der Waals surface area contributed by atoms with Crippen LogP contribution in [0.5, 0.6) is 0 Å². The van der Waals surface area contributed by atoms with Crippen molar-refractivity contribution in [3.63, 3.8) is 0 Å². The van der Waals surface area contributed by atoms with Crippen LogP contribution in [0.3, 0.4) is 0 Å². The Labute approximate surface area is 113 Å². The Morgan fingerprint density at radius 3 is 3.00 bits per heavy atom. The third kappa shape index (κ3) is 2.00. The van der Waals surface area contributed by atoms with Gasteiger partial charge in [0.1, 0.15) is 11.3 Å². The fourth-order valence-corrected chi connectivity index (χ4v) is 2.66. The van der Waals surface area contributed by atoms with Gasteiger partial charge in [-0.15, -0.1) is 22.9 Å². The molecule has 0 atom stereocenters. The average Bonchev–Trinajstić information content (AvgIpc) is 2.97. The lowest BCUT2D eigenvalue weighted by Gasteiger charge is -2.04. The molecular formula is C12H11ClN4S. The quantitative estimate of drug-likeness (QED) is 0.692. The van der Waals surface area contributed by atoms with E-state index in [2.05, 4.69) is 15.0 Å². The Morgan fingerprint density at radius 1 is 1.39 bits per heavy atom. The molecule has 18 heavy (non-hydrogen) atoms. The zero-order valence-electron chi connectivity index (χ0n) is 9.80. The fraction of sp³-hybridized carbons (Fsp3) is 0.250. The van der Waals surface area contributed by atoms with E-state index in [9.17, 15) is 0 Å². The summed E-state index contributed by atoms with van der Waals surface area (Å²) < 4.78 is 2.02. The zero-order chi connectivity index (χ0) is 12.5. The molecule has 0 saturated carbocycles. The Balaban J connectivity index is 2.13. The summed E-state index contributed by atoms with van der Waals surface area (Å²) in [6.07, 6.45) is 1.85. The predicted octanol–water partition coefficient (Wildman–Crippen LogP) is 2.98. The number of pyridine rings is 1. The Bertz CT molecular complexity index is 675. The molecule has 0 bridgehead atoms. The van der Waals surface area contributed by atoms with Gasteiger partial charge in [-0.05, 0) is 18.6 Å². The Kier molecular flexibility index (Phi) is 3.01. The number of fused-ring (bicyclic) bond motifs is 1. The lowest BCUT2D eigenvalue weighted by molar-refractivity contribution is 0.755. The van der Waals surface area contributed by atoms with Crippen LogP contribution in [-0.4, -0.2) is 19.5 Å². The standard InChI is InChI=1S/C12H11ClN4S/c1-8-2-10-12(14-4-8)17(11(3-13)16-10)5-9-6-18-7-15-9/h2,4,6-7H,3,5H2,1H3. The molecule has 0 amide bonds. The molecule has 0 unspecified atom stereocenters. The molecule has 3 aromatic rings. The van der Waals surface area contributed by atoms with E-state index < -0.39 is 0 Å². The lowest BCUT2D eigenvalue weighted by Crippen LogP contribution is -2.04. The second-order valence-corrected chi connectivity index (χ2v) is 5.07. The number of rotatable bonds is 3. The second kappa shape index (κ2) is 4.66. The van der Waals surface area contributed by atoms with Gasteiger partial charge in [0.05, 0.1) is 23.6 Å². The summed E-state index contributed by atoms with van der Waals surface area (Å²) in [7, 11) is 0. The van der Waals surface area contributed by atoms with Gasteiger partial charge in [0.15, 0.2) is 5.65 Å². The van der Waals surface area contributed by atoms with E-state index in [1.807, 2.05) is 34.6 Å². The zero-order valence-corrected chi connectivity index (χ0v) is 11.4. The van der Waals surface area contributed by atoms with Crippen molar-refractivity contribution < 1.29 is 0 Å². The fourth-order valence-electron chi connectivity index (χ4n) is 1.90. The highest BCUT2D eigenvalue weighted by Crippen LogP contribution is 2.18. The molecule has 0 N–H and O–H groups in total. The monoisotopic (exact) mass is 278 g/mol. The number of aryl methyl sites for hydroxylation is 1. The van der Waals surface area contributed by atoms with Gasteiger partial charge in [0.2, 0.25) is 0 Å². The normalized spacial score (nSPS) is 11.2. The van der Waals surface area contributed by atoms with Gasteiger partial charge >= 0.3 is 0 Å². The largest absolute Gasteiger partial charge is 0.306 e. The first-order valence-electron chi connectivity index (χ1n) is 5.52. The van der Waals surface area contributed by atoms with Crippen LogP contribution in [0.2, 0.25) is 0 Å². The highest BCUT2D eigenvalue weighted by Gasteiger charge is 2.12. The van der Waals surface area contributed by atoms with Crippen LogP contribution < -0.4 is 0 Å². The molecule has 3 aromatic heterocycles. The van der Waals surface area contributed by atoms with Gasteiger partial charge in [0.25, 0.3) is 0 Å². The topological polar surface area (TPSA) is 43.6 Å². The summed E-state index contributed by atoms with van der Waals surface area (Å²) in [4.78, 5) is 13.3. The minimum Gasteiger partial charge on any atom is -0.306 e. The minimum atomic E-state index is 0.375. The van der Waals surface area contributed by atoms with Gasteiger partial charge in [-0.1, -0.05) is 0 Å². The van der Waals surface area contributed by atoms with Crippen molar-refractivity contribution in [2.75, 3.05) is 0 Å². The second-order valence-electron chi connectivity index (χ2n) is 4.08. The molecule has 0 aliphatic carbocycles. The molecule has 0 aliphatic heterocycles. The van der Waals surface area contributed by atoms with Crippen LogP contribution in [0.1, 0.15) is 17.1 Å². The number of halogens is 1. The average molecular weight is 279 g/mol. The maximum Gasteiger partial charge on any atom is 0.160 e. The van der Waals surface area contributed by atoms with Gasteiger partial charge in [-0.3, -0.25) is 0 Å². The van der Waals surface area contributed by atoms with E-state index in [4.69, 9.17) is 11.6 Å². The van der Waals surface area contributed by atoms with Gasteiger partial charge in [-0.2, -0.15) is 0 Å². The summed E-state index contributed by atoms with van der Waals surface area (Å²) in [6.45, 7) is 2.67. The first-order valence-corrected chi connectivity index (χ1v) is 7.00. The molecule has 0 fully saturated rings. The van der Waals surface area contributed by atoms with Crippen molar-refractivity contribution in [2.45, 2.75) is 19.3 Å². The number of thiazole rings is 1. The minimum absolute atomic E-state index is 0.375. The van der Waals surface area contributed by atoms with Crippen LogP contribution >= 0.6 is 22.9 Å². The number of imidazole rings is 1. The van der Waals surface area contributed by atoms with E-state index in [0.717, 1.165) is 28.2 Å². The van der Waals surface area contributed by atoms with E-state index in [-0.39, 0.29) is 0 Å². The molecule has 6 heteroatoms. The molecule has 0 aromatic carbocycles. The molecule has 0 saturated heterocycles. The molecule has 3 rings (SSSR count). The van der Waals surface area contributed by atoms with Gasteiger partial charge < -0.3 is 4.57 Å². The van der Waals surface area contributed by atoms with Crippen LogP contribution in [0.15, 0.2) is 23.2 Å². The molecule has 0 spiro atoms. The van der Waals surface area contributed by atoms with Crippen molar-refractivity contribution in [3.8, 4) is 0 Å². The smallest absolute Gasteiger partial charge is 0.160 e. The van der Waals surface area contributed by atoms with Gasteiger partial charge in [-0.25, -0.2) is 15.0 Å². The van der Waals surface area contributed by atoms with Crippen molar-refractivity contribution in [1.29, 1.82) is 0 Å². The maximum absolute atomic E-state index is 5.95. The summed E-state index contributed by atoms with van der Waals surface area (Å²) in [5, 5.41) is 2.03. The number of alkyl halides is 1. The Hall–Kier alpha value is -1.46. The van der Waals surface area contributed by atoms with Crippen molar-refractivity contribution >= 4 is 34.1 Å². The first kappa shape index (κ1) is 11.6. The predicted molar refractivity (Wildman–Crippen MR) is 73.0 cm³/mol. The van der Waals surface area contributed by atoms with Crippen LogP contribution in [-0.2, 0) is 12.4 Å². The van der Waals surface area contributed by atoms with Crippen LogP contribution in [0.25, 0.3) is 11.2 Å². The van der Waals surface area contributed by atoms with Crippen molar-refractivity contribution in [1.82, 2.24) is 19.5 Å². The number of aromatic nitrogens is 4. The van der Waals surface area contributed by atoms with Crippen LogP contribution in [0, 0.1) is 6.92 Å². The molecule has 92 valence electrons. The summed E-state index contributed by atoms with van der Waals surface area (Å²) >= 11 is 7.54. The van der Waals surface area contributed by atoms with Crippen LogP contribution in [0.4, 0.5) is 0 Å².